The smallest absolute Gasteiger partial charge is 0.0931 e. The molecule has 0 amide bonds. The second kappa shape index (κ2) is 2.61. The highest BCUT2D eigenvalue weighted by Gasteiger charge is 2.34. The van der Waals surface area contributed by atoms with Crippen molar-refractivity contribution in [3.8, 4) is 0 Å². The lowest BCUT2D eigenvalue weighted by Gasteiger charge is -2.19. The van der Waals surface area contributed by atoms with Crippen LogP contribution in [0.4, 0.5) is 0 Å². The van der Waals surface area contributed by atoms with E-state index in [2.05, 4.69) is 27.4 Å². The Morgan fingerprint density at radius 3 is 2.80 bits per heavy atom. The standard InChI is InChI=1S/C12H13N3/c1-7-4-13-5-8(1)10-3-12-11(2-9(7)10)14-6-15-12/h2-3,6-8,13H,1,4-5H2,(H,14,15)/t7-,8+. The van der Waals surface area contributed by atoms with Gasteiger partial charge in [-0.15, -0.1) is 0 Å². The number of rotatable bonds is 0. The number of benzene rings is 1. The van der Waals surface area contributed by atoms with Crippen LogP contribution in [0.15, 0.2) is 18.5 Å². The summed E-state index contributed by atoms with van der Waals surface area (Å²) in [5.74, 6) is 1.45. The van der Waals surface area contributed by atoms with Crippen LogP contribution in [0.5, 0.6) is 0 Å². The summed E-state index contributed by atoms with van der Waals surface area (Å²) in [5.41, 5.74) is 5.37. The van der Waals surface area contributed by atoms with Crippen molar-refractivity contribution in [2.45, 2.75) is 18.3 Å². The molecular formula is C12H13N3. The molecule has 0 spiro atoms. The van der Waals surface area contributed by atoms with Crippen molar-refractivity contribution in [3.05, 3.63) is 29.6 Å². The molecule has 2 aliphatic rings. The van der Waals surface area contributed by atoms with E-state index in [1.165, 1.54) is 17.5 Å². The van der Waals surface area contributed by atoms with Crippen LogP contribution in [0.2, 0.25) is 0 Å². The second-order valence-electron chi connectivity index (χ2n) is 4.69. The Hall–Kier alpha value is -1.35. The Bertz CT molecular complexity index is 485. The fraction of sp³-hybridized carbons (Fsp3) is 0.417. The topological polar surface area (TPSA) is 40.7 Å². The van der Waals surface area contributed by atoms with Gasteiger partial charge in [0.15, 0.2) is 0 Å². The quantitative estimate of drug-likeness (QED) is 0.678. The molecule has 1 aliphatic carbocycles. The van der Waals surface area contributed by atoms with E-state index in [4.69, 9.17) is 0 Å². The van der Waals surface area contributed by atoms with Crippen LogP contribution in [0.25, 0.3) is 11.0 Å². The summed E-state index contributed by atoms with van der Waals surface area (Å²) in [4.78, 5) is 7.53. The monoisotopic (exact) mass is 199 g/mol. The zero-order chi connectivity index (χ0) is 9.83. The minimum Gasteiger partial charge on any atom is -0.345 e. The Morgan fingerprint density at radius 1 is 1.13 bits per heavy atom. The SMILES string of the molecule is c1nc2cc3c(cc2[nH]1)[C@@H]1CNC[C@H]3C1. The van der Waals surface area contributed by atoms with Crippen LogP contribution in [0.3, 0.4) is 0 Å². The third kappa shape index (κ3) is 0.960. The molecule has 3 nitrogen and oxygen atoms in total. The molecule has 76 valence electrons. The van der Waals surface area contributed by atoms with E-state index in [0.717, 1.165) is 30.4 Å². The third-order valence-corrected chi connectivity index (χ3v) is 3.86. The molecule has 0 saturated carbocycles. The first-order chi connectivity index (χ1) is 7.42. The van der Waals surface area contributed by atoms with Gasteiger partial charge in [-0.3, -0.25) is 0 Å². The van der Waals surface area contributed by atoms with Gasteiger partial charge in [-0.2, -0.15) is 0 Å². The highest BCUT2D eigenvalue weighted by molar-refractivity contribution is 5.77. The molecular weight excluding hydrogens is 186 g/mol. The predicted octanol–water partition coefficient (Wildman–Crippen LogP) is 1.74. The highest BCUT2D eigenvalue weighted by atomic mass is 14.9. The number of piperidine rings is 1. The van der Waals surface area contributed by atoms with Gasteiger partial charge >= 0.3 is 0 Å². The van der Waals surface area contributed by atoms with Crippen molar-refractivity contribution in [2.24, 2.45) is 0 Å². The van der Waals surface area contributed by atoms with Crippen LogP contribution in [0, 0.1) is 0 Å². The molecule has 2 N–H and O–H groups in total. The normalized spacial score (nSPS) is 28.3. The van der Waals surface area contributed by atoms with Crippen LogP contribution < -0.4 is 5.32 Å². The number of imidazole rings is 1. The van der Waals surface area contributed by atoms with Crippen molar-refractivity contribution in [3.63, 3.8) is 0 Å². The van der Waals surface area contributed by atoms with Gasteiger partial charge in [-0.25, -0.2) is 4.98 Å². The highest BCUT2D eigenvalue weighted by Crippen LogP contribution is 2.44. The van der Waals surface area contributed by atoms with Crippen molar-refractivity contribution in [1.29, 1.82) is 0 Å². The van der Waals surface area contributed by atoms with Crippen LogP contribution >= 0.6 is 0 Å². The molecule has 1 aromatic heterocycles. The summed E-state index contributed by atoms with van der Waals surface area (Å²) in [5, 5.41) is 3.51. The molecule has 2 aromatic rings. The van der Waals surface area contributed by atoms with Gasteiger partial charge in [0.05, 0.1) is 17.4 Å². The number of fused-ring (bicyclic) bond motifs is 6. The average molecular weight is 199 g/mol. The molecule has 3 heteroatoms. The fourth-order valence-corrected chi connectivity index (χ4v) is 3.14. The summed E-state index contributed by atoms with van der Waals surface area (Å²) in [6.45, 7) is 2.28. The van der Waals surface area contributed by atoms with Gasteiger partial charge in [-0.05, 0) is 41.5 Å². The predicted molar refractivity (Wildman–Crippen MR) is 59.1 cm³/mol. The lowest BCUT2D eigenvalue weighted by molar-refractivity contribution is 0.454. The van der Waals surface area contributed by atoms with Gasteiger partial charge in [0.1, 0.15) is 0 Å². The minimum absolute atomic E-state index is 0.722. The summed E-state index contributed by atoms with van der Waals surface area (Å²) in [7, 11) is 0. The van der Waals surface area contributed by atoms with Crippen molar-refractivity contribution >= 4 is 11.0 Å². The molecule has 1 saturated heterocycles. The molecule has 1 aliphatic heterocycles. The van der Waals surface area contributed by atoms with E-state index < -0.39 is 0 Å². The molecule has 0 unspecified atom stereocenters. The molecule has 15 heavy (non-hydrogen) atoms. The maximum atomic E-state index is 4.33. The first-order valence-electron chi connectivity index (χ1n) is 5.59. The molecule has 4 rings (SSSR count). The molecule has 2 heterocycles. The summed E-state index contributed by atoms with van der Waals surface area (Å²) >= 11 is 0. The van der Waals surface area contributed by atoms with Gasteiger partial charge in [0.25, 0.3) is 0 Å². The number of hydrogen-bond acceptors (Lipinski definition) is 2. The van der Waals surface area contributed by atoms with E-state index in [0.29, 0.717) is 0 Å². The Labute approximate surface area is 87.9 Å². The van der Waals surface area contributed by atoms with Gasteiger partial charge in [0, 0.05) is 13.1 Å². The van der Waals surface area contributed by atoms with E-state index in [-0.39, 0.29) is 0 Å². The van der Waals surface area contributed by atoms with Gasteiger partial charge in [-0.1, -0.05) is 0 Å². The zero-order valence-electron chi connectivity index (χ0n) is 8.46. The molecule has 2 bridgehead atoms. The van der Waals surface area contributed by atoms with E-state index in [9.17, 15) is 0 Å². The Morgan fingerprint density at radius 2 is 1.93 bits per heavy atom. The van der Waals surface area contributed by atoms with Crippen LogP contribution in [0.1, 0.15) is 29.4 Å². The number of H-pyrrole nitrogens is 1. The van der Waals surface area contributed by atoms with Crippen LogP contribution in [-0.2, 0) is 0 Å². The molecule has 1 aromatic carbocycles. The van der Waals surface area contributed by atoms with Crippen molar-refractivity contribution in [1.82, 2.24) is 15.3 Å². The van der Waals surface area contributed by atoms with E-state index >= 15 is 0 Å². The maximum Gasteiger partial charge on any atom is 0.0931 e. The Balaban J connectivity index is 2.02. The maximum absolute atomic E-state index is 4.33. The summed E-state index contributed by atoms with van der Waals surface area (Å²) in [6.07, 6.45) is 3.11. The number of aromatic nitrogens is 2. The number of aromatic amines is 1. The third-order valence-electron chi connectivity index (χ3n) is 3.86. The largest absolute Gasteiger partial charge is 0.345 e. The van der Waals surface area contributed by atoms with Crippen molar-refractivity contribution < 1.29 is 0 Å². The first-order valence-corrected chi connectivity index (χ1v) is 5.59. The Kier molecular flexibility index (Phi) is 1.37. The summed E-state index contributed by atoms with van der Waals surface area (Å²) in [6, 6.07) is 4.58. The lowest BCUT2D eigenvalue weighted by Crippen LogP contribution is -2.28. The lowest BCUT2D eigenvalue weighted by atomic mass is 9.98. The minimum atomic E-state index is 0.722. The second-order valence-corrected chi connectivity index (χ2v) is 4.69. The first kappa shape index (κ1) is 7.88. The molecule has 1 fully saturated rings. The van der Waals surface area contributed by atoms with Crippen LogP contribution in [-0.4, -0.2) is 23.1 Å². The fourth-order valence-electron chi connectivity index (χ4n) is 3.14. The van der Waals surface area contributed by atoms with Gasteiger partial charge in [0.2, 0.25) is 0 Å². The molecule has 2 atom stereocenters. The number of nitrogens with zero attached hydrogens (tertiary/aromatic N) is 1. The van der Waals surface area contributed by atoms with Gasteiger partial charge < -0.3 is 10.3 Å². The zero-order valence-corrected chi connectivity index (χ0v) is 8.46. The number of hydrogen-bond donors (Lipinski definition) is 2. The summed E-state index contributed by atoms with van der Waals surface area (Å²) < 4.78 is 0. The molecule has 0 radical (unpaired) electrons. The van der Waals surface area contributed by atoms with E-state index in [1.54, 1.807) is 11.9 Å². The average Bonchev–Trinajstić information content (AvgIpc) is 2.82. The van der Waals surface area contributed by atoms with Crippen molar-refractivity contribution in [2.75, 3.05) is 13.1 Å². The van der Waals surface area contributed by atoms with E-state index in [1.807, 2.05) is 0 Å². The number of nitrogens with one attached hydrogen (secondary N) is 2.